The molecule has 192 valence electrons. The van der Waals surface area contributed by atoms with Gasteiger partial charge in [0, 0.05) is 22.9 Å². The number of H-pyrrole nitrogens is 1. The van der Waals surface area contributed by atoms with Crippen molar-refractivity contribution in [3.8, 4) is 11.4 Å². The van der Waals surface area contributed by atoms with Crippen molar-refractivity contribution in [1.82, 2.24) is 9.97 Å². The number of carbonyl (C=O) groups excluding carboxylic acids is 2. The number of fused-ring (bicyclic) bond motifs is 1. The minimum atomic E-state index is 0.0167. The van der Waals surface area contributed by atoms with E-state index in [1.54, 1.807) is 6.07 Å². The van der Waals surface area contributed by atoms with Crippen molar-refractivity contribution >= 4 is 34.7 Å². The summed E-state index contributed by atoms with van der Waals surface area (Å²) in [5.74, 6) is 1.74. The largest absolute Gasteiger partial charge is 0.338 e. The zero-order chi connectivity index (χ0) is 26.7. The number of benzene rings is 2. The molecule has 36 heavy (non-hydrogen) atoms. The van der Waals surface area contributed by atoms with Gasteiger partial charge in [0.1, 0.15) is 5.82 Å². The minimum absolute atomic E-state index is 0.0167. The van der Waals surface area contributed by atoms with Crippen LogP contribution in [-0.2, 0) is 9.59 Å². The molecular formula is C30H40N4O2. The number of aromatic nitrogens is 2. The van der Waals surface area contributed by atoms with Crippen LogP contribution in [0.1, 0.15) is 62.3 Å². The summed E-state index contributed by atoms with van der Waals surface area (Å²) in [5.41, 5.74) is 5.32. The van der Waals surface area contributed by atoms with Gasteiger partial charge < -0.3 is 15.6 Å². The first-order chi connectivity index (χ1) is 16.6. The van der Waals surface area contributed by atoms with Gasteiger partial charge in [-0.25, -0.2) is 4.98 Å². The van der Waals surface area contributed by atoms with Gasteiger partial charge in [-0.3, -0.25) is 9.59 Å². The van der Waals surface area contributed by atoms with E-state index in [0.717, 1.165) is 34.0 Å². The number of carbonyl (C=O) groups is 2. The van der Waals surface area contributed by atoms with Gasteiger partial charge in [0.05, 0.1) is 11.0 Å². The van der Waals surface area contributed by atoms with Gasteiger partial charge in [-0.15, -0.1) is 0 Å². The first-order valence-corrected chi connectivity index (χ1v) is 12.8. The number of nitrogens with one attached hydrogen (secondary N) is 3. The molecule has 2 amide bonds. The Morgan fingerprint density at radius 3 is 1.86 bits per heavy atom. The molecule has 5 rings (SSSR count). The van der Waals surface area contributed by atoms with E-state index in [9.17, 15) is 9.59 Å². The van der Waals surface area contributed by atoms with Crippen LogP contribution in [0, 0.1) is 33.5 Å². The van der Waals surface area contributed by atoms with Gasteiger partial charge in [-0.1, -0.05) is 62.3 Å². The lowest BCUT2D eigenvalue weighted by molar-refractivity contribution is -0.118. The molecule has 6 nitrogen and oxygen atoms in total. The Morgan fingerprint density at radius 2 is 1.39 bits per heavy atom. The normalized spacial score (nSPS) is 20.7. The van der Waals surface area contributed by atoms with E-state index in [-0.39, 0.29) is 22.7 Å². The maximum Gasteiger partial charge on any atom is 0.228 e. The predicted molar refractivity (Wildman–Crippen MR) is 148 cm³/mol. The highest BCUT2D eigenvalue weighted by Gasteiger charge is 2.68. The highest BCUT2D eigenvalue weighted by molar-refractivity contribution is 5.96. The first kappa shape index (κ1) is 25.9. The predicted octanol–water partition coefficient (Wildman–Crippen LogP) is 7.11. The van der Waals surface area contributed by atoms with Gasteiger partial charge >= 0.3 is 0 Å². The van der Waals surface area contributed by atoms with Crippen molar-refractivity contribution in [3.05, 3.63) is 42.5 Å². The number of amides is 2. The fraction of sp³-hybridized carbons (Fsp3) is 0.500. The number of rotatable bonds is 5. The van der Waals surface area contributed by atoms with Gasteiger partial charge in [-0.2, -0.15) is 0 Å². The number of nitrogens with zero attached hydrogens (tertiary/aromatic N) is 1. The number of hydrogen-bond acceptors (Lipinski definition) is 3. The molecule has 2 aliphatic carbocycles. The van der Waals surface area contributed by atoms with Crippen molar-refractivity contribution in [1.29, 1.82) is 0 Å². The van der Waals surface area contributed by atoms with E-state index in [0.29, 0.717) is 22.9 Å². The fourth-order valence-electron chi connectivity index (χ4n) is 5.61. The van der Waals surface area contributed by atoms with E-state index in [2.05, 4.69) is 82.9 Å². The Morgan fingerprint density at radius 1 is 0.861 bits per heavy atom. The van der Waals surface area contributed by atoms with Crippen molar-refractivity contribution in [2.24, 2.45) is 33.5 Å². The van der Waals surface area contributed by atoms with Gasteiger partial charge in [0.25, 0.3) is 0 Å². The van der Waals surface area contributed by atoms with Crippen molar-refractivity contribution < 1.29 is 9.59 Å². The summed E-state index contributed by atoms with van der Waals surface area (Å²) in [4.78, 5) is 31.1. The molecule has 0 spiro atoms. The molecule has 2 aliphatic rings. The first-order valence-electron chi connectivity index (χ1n) is 12.8. The van der Waals surface area contributed by atoms with Crippen LogP contribution < -0.4 is 10.6 Å². The van der Waals surface area contributed by atoms with Crippen LogP contribution in [-0.4, -0.2) is 22.3 Å². The Hall–Kier alpha value is -3.15. The molecule has 0 atom stereocenters. The number of anilines is 2. The summed E-state index contributed by atoms with van der Waals surface area (Å²) < 4.78 is 0. The molecule has 3 N–H and O–H groups in total. The van der Waals surface area contributed by atoms with Crippen LogP contribution in [0.2, 0.25) is 0 Å². The van der Waals surface area contributed by atoms with Crippen LogP contribution in [0.25, 0.3) is 22.4 Å². The van der Waals surface area contributed by atoms with E-state index in [1.807, 2.05) is 36.4 Å². The quantitative estimate of drug-likeness (QED) is 0.335. The van der Waals surface area contributed by atoms with E-state index in [1.165, 1.54) is 0 Å². The average molecular weight is 489 g/mol. The molecule has 2 aromatic carbocycles. The number of imidazole rings is 1. The summed E-state index contributed by atoms with van der Waals surface area (Å²) in [6.45, 7) is 20.3. The third-order valence-electron chi connectivity index (χ3n) is 10.2. The minimum Gasteiger partial charge on any atom is -0.338 e. The zero-order valence-corrected chi connectivity index (χ0v) is 23.0. The van der Waals surface area contributed by atoms with Crippen LogP contribution in [0.3, 0.4) is 0 Å². The smallest absolute Gasteiger partial charge is 0.228 e. The Bertz CT molecular complexity index is 1270. The second-order valence-corrected chi connectivity index (χ2v) is 12.7. The van der Waals surface area contributed by atoms with E-state index >= 15 is 0 Å². The molecule has 2 fully saturated rings. The summed E-state index contributed by atoms with van der Waals surface area (Å²) in [5, 5.41) is 5.66. The molecule has 3 aromatic rings. The SMILES string of the molecule is CC1(C)C(C(=O)Nc2ccc(-c3nc4ccc(NC=O)cc4[nH]3)cc2)C1(C)C.CC1C(C)(C)C1(C)C. The number of hydrogen-bond donors (Lipinski definition) is 3. The summed E-state index contributed by atoms with van der Waals surface area (Å²) in [6, 6.07) is 13.1. The lowest BCUT2D eigenvalue weighted by Crippen LogP contribution is -2.17. The molecule has 1 heterocycles. The maximum atomic E-state index is 12.6. The van der Waals surface area contributed by atoms with Crippen molar-refractivity contribution in [2.75, 3.05) is 10.6 Å². The highest BCUT2D eigenvalue weighted by Crippen LogP contribution is 2.69. The third-order valence-corrected chi connectivity index (χ3v) is 10.2. The van der Waals surface area contributed by atoms with Gasteiger partial charge in [-0.05, 0) is 70.0 Å². The van der Waals surface area contributed by atoms with E-state index in [4.69, 9.17) is 0 Å². The molecule has 0 radical (unpaired) electrons. The fourth-order valence-corrected chi connectivity index (χ4v) is 5.61. The van der Waals surface area contributed by atoms with Crippen LogP contribution in [0.4, 0.5) is 11.4 Å². The lowest BCUT2D eigenvalue weighted by Gasteiger charge is -2.07. The third kappa shape index (κ3) is 4.21. The van der Waals surface area contributed by atoms with Crippen molar-refractivity contribution in [2.45, 2.75) is 62.3 Å². The topological polar surface area (TPSA) is 86.9 Å². The molecule has 2 saturated carbocycles. The molecule has 0 aliphatic heterocycles. The monoisotopic (exact) mass is 488 g/mol. The van der Waals surface area contributed by atoms with Crippen molar-refractivity contribution in [3.63, 3.8) is 0 Å². The molecule has 0 saturated heterocycles. The average Bonchev–Trinajstić information content (AvgIpc) is 3.23. The van der Waals surface area contributed by atoms with Crippen LogP contribution in [0.5, 0.6) is 0 Å². The lowest BCUT2D eigenvalue weighted by atomic mass is 10.0. The Balaban J connectivity index is 0.000000325. The number of aromatic amines is 1. The van der Waals surface area contributed by atoms with Gasteiger partial charge in [0.2, 0.25) is 12.3 Å². The standard InChI is InChI=1S/C22H24N4O2.C8H16/c1-21(2)18(22(21,3)4)20(28)24-14-7-5-13(6-8-14)19-25-16-10-9-15(23-12-27)11-17(16)26-19;1-6-7(2,3)8(6,4)5/h5-12,18H,1-4H3,(H,23,27)(H,24,28)(H,25,26);6H,1-5H3. The summed E-state index contributed by atoms with van der Waals surface area (Å²) in [7, 11) is 0. The molecule has 0 bridgehead atoms. The summed E-state index contributed by atoms with van der Waals surface area (Å²) in [6.07, 6.45) is 0.648. The second-order valence-electron chi connectivity index (χ2n) is 12.7. The Kier molecular flexibility index (Phi) is 6.09. The second kappa shape index (κ2) is 8.46. The van der Waals surface area contributed by atoms with Gasteiger partial charge in [0.15, 0.2) is 0 Å². The molecule has 1 aromatic heterocycles. The molecule has 6 heteroatoms. The Labute approximate surface area is 214 Å². The zero-order valence-electron chi connectivity index (χ0n) is 23.0. The highest BCUT2D eigenvalue weighted by atomic mass is 16.2. The van der Waals surface area contributed by atoms with Crippen LogP contribution >= 0.6 is 0 Å². The maximum absolute atomic E-state index is 12.6. The summed E-state index contributed by atoms with van der Waals surface area (Å²) >= 11 is 0. The molecular weight excluding hydrogens is 448 g/mol. The van der Waals surface area contributed by atoms with Crippen LogP contribution in [0.15, 0.2) is 42.5 Å². The van der Waals surface area contributed by atoms with E-state index < -0.39 is 0 Å². The molecule has 0 unspecified atom stereocenters.